The normalized spacial score (nSPS) is 10.8. The molecular weight excluding hydrogens is 276 g/mol. The summed E-state index contributed by atoms with van der Waals surface area (Å²) in [6.07, 6.45) is 0. The van der Waals surface area contributed by atoms with Crippen molar-refractivity contribution < 1.29 is 9.32 Å². The molecule has 2 rings (SSSR count). The maximum Gasteiger partial charge on any atom is 0.257 e. The second kappa shape index (κ2) is 6.09. The third-order valence-corrected chi connectivity index (χ3v) is 3.22. The largest absolute Gasteiger partial charge is 0.360 e. The van der Waals surface area contributed by atoms with Gasteiger partial charge in [0.15, 0.2) is 5.76 Å². The molecule has 0 aliphatic heterocycles. The first-order valence-electron chi connectivity index (χ1n) is 6.48. The third kappa shape index (κ3) is 3.20. The summed E-state index contributed by atoms with van der Waals surface area (Å²) in [5, 5.41) is 7.39. The van der Waals surface area contributed by atoms with E-state index in [4.69, 9.17) is 16.1 Å². The molecule has 1 N–H and O–H groups in total. The number of aromatic nitrogens is 1. The molecule has 0 fully saturated rings. The monoisotopic (exact) mass is 292 g/mol. The molecule has 0 bridgehead atoms. The van der Waals surface area contributed by atoms with E-state index in [1.165, 1.54) is 0 Å². The zero-order valence-electron chi connectivity index (χ0n) is 11.7. The maximum atomic E-state index is 12.3. The van der Waals surface area contributed by atoms with Crippen LogP contribution in [0.15, 0.2) is 28.8 Å². The van der Waals surface area contributed by atoms with Gasteiger partial charge in [0.05, 0.1) is 5.69 Å². The number of benzene rings is 1. The van der Waals surface area contributed by atoms with E-state index in [9.17, 15) is 4.79 Å². The highest BCUT2D eigenvalue weighted by Crippen LogP contribution is 2.22. The van der Waals surface area contributed by atoms with Gasteiger partial charge in [-0.05, 0) is 24.6 Å². The molecule has 1 aromatic heterocycles. The average molecular weight is 293 g/mol. The van der Waals surface area contributed by atoms with Gasteiger partial charge in [0, 0.05) is 17.5 Å². The number of carbonyl (C=O) groups excluding carboxylic acids is 1. The lowest BCUT2D eigenvalue weighted by atomic mass is 10.0. The van der Waals surface area contributed by atoms with Crippen molar-refractivity contribution >= 4 is 17.5 Å². The van der Waals surface area contributed by atoms with E-state index in [-0.39, 0.29) is 11.8 Å². The van der Waals surface area contributed by atoms with E-state index >= 15 is 0 Å². The number of rotatable bonds is 4. The van der Waals surface area contributed by atoms with Crippen LogP contribution in [0.25, 0.3) is 0 Å². The van der Waals surface area contributed by atoms with Crippen LogP contribution < -0.4 is 5.32 Å². The molecule has 5 heteroatoms. The number of aryl methyl sites for hydroxylation is 1. The van der Waals surface area contributed by atoms with Gasteiger partial charge < -0.3 is 9.84 Å². The fourth-order valence-electron chi connectivity index (χ4n) is 1.98. The Morgan fingerprint density at radius 2 is 2.20 bits per heavy atom. The summed E-state index contributed by atoms with van der Waals surface area (Å²) in [7, 11) is 0. The average Bonchev–Trinajstić information content (AvgIpc) is 2.78. The summed E-state index contributed by atoms with van der Waals surface area (Å²) in [5.74, 6) is 0.557. The van der Waals surface area contributed by atoms with Gasteiger partial charge in [0.25, 0.3) is 5.91 Å². The van der Waals surface area contributed by atoms with Crippen LogP contribution in [0.1, 0.15) is 47.1 Å². The Balaban J connectivity index is 2.11. The van der Waals surface area contributed by atoms with Crippen molar-refractivity contribution in [3.8, 4) is 0 Å². The van der Waals surface area contributed by atoms with E-state index in [1.54, 1.807) is 13.0 Å². The Bertz CT molecular complexity index is 620. The molecule has 0 aliphatic carbocycles. The first-order chi connectivity index (χ1) is 9.49. The van der Waals surface area contributed by atoms with Gasteiger partial charge >= 0.3 is 0 Å². The minimum atomic E-state index is -0.174. The molecule has 20 heavy (non-hydrogen) atoms. The Morgan fingerprint density at radius 3 is 2.85 bits per heavy atom. The van der Waals surface area contributed by atoms with Crippen molar-refractivity contribution in [2.24, 2.45) is 0 Å². The molecule has 106 valence electrons. The molecule has 0 unspecified atom stereocenters. The molecule has 0 spiro atoms. The molecular formula is C15H17ClN2O2. The standard InChI is InChI=1S/C15H17ClN2O2/c1-9(2)14-13(10(3)18-20-14)15(19)17-8-11-5-4-6-12(16)7-11/h4-7,9H,8H2,1-3H3,(H,17,19). The number of hydrogen-bond acceptors (Lipinski definition) is 3. The third-order valence-electron chi connectivity index (χ3n) is 2.98. The molecule has 0 radical (unpaired) electrons. The van der Waals surface area contributed by atoms with Crippen molar-refractivity contribution in [2.75, 3.05) is 0 Å². The lowest BCUT2D eigenvalue weighted by Gasteiger charge is -2.07. The van der Waals surface area contributed by atoms with Crippen LogP contribution in [0.4, 0.5) is 0 Å². The van der Waals surface area contributed by atoms with E-state index < -0.39 is 0 Å². The number of hydrogen-bond donors (Lipinski definition) is 1. The van der Waals surface area contributed by atoms with Gasteiger partial charge in [-0.25, -0.2) is 0 Å². The van der Waals surface area contributed by atoms with Crippen LogP contribution >= 0.6 is 11.6 Å². The summed E-state index contributed by atoms with van der Waals surface area (Å²) in [6, 6.07) is 7.39. The van der Waals surface area contributed by atoms with Gasteiger partial charge in [-0.2, -0.15) is 0 Å². The van der Waals surface area contributed by atoms with Crippen LogP contribution in [-0.2, 0) is 6.54 Å². The highest BCUT2D eigenvalue weighted by atomic mass is 35.5. The molecule has 1 amide bonds. The van der Waals surface area contributed by atoms with E-state index in [0.717, 1.165) is 5.56 Å². The van der Waals surface area contributed by atoms with E-state index in [2.05, 4.69) is 10.5 Å². The molecule has 2 aromatic rings. The minimum absolute atomic E-state index is 0.114. The Labute approximate surface area is 123 Å². The van der Waals surface area contributed by atoms with Gasteiger partial charge in [-0.3, -0.25) is 4.79 Å². The molecule has 1 heterocycles. The van der Waals surface area contributed by atoms with Crippen LogP contribution in [0.3, 0.4) is 0 Å². The van der Waals surface area contributed by atoms with Crippen molar-refractivity contribution in [3.63, 3.8) is 0 Å². The second-order valence-corrected chi connectivity index (χ2v) is 5.41. The summed E-state index contributed by atoms with van der Waals surface area (Å²) in [5.41, 5.74) is 2.09. The van der Waals surface area contributed by atoms with Crippen molar-refractivity contribution in [1.29, 1.82) is 0 Å². The number of amides is 1. The maximum absolute atomic E-state index is 12.3. The van der Waals surface area contributed by atoms with Crippen LogP contribution in [0, 0.1) is 6.92 Å². The zero-order valence-corrected chi connectivity index (χ0v) is 12.5. The number of nitrogens with zero attached hydrogens (tertiary/aromatic N) is 1. The summed E-state index contributed by atoms with van der Waals surface area (Å²) in [6.45, 7) is 6.12. The molecule has 1 aromatic carbocycles. The summed E-state index contributed by atoms with van der Waals surface area (Å²) < 4.78 is 5.22. The molecule has 0 aliphatic rings. The SMILES string of the molecule is Cc1noc(C(C)C)c1C(=O)NCc1cccc(Cl)c1. The van der Waals surface area contributed by atoms with Gasteiger partial charge in [0.2, 0.25) is 0 Å². The topological polar surface area (TPSA) is 55.1 Å². The van der Waals surface area contributed by atoms with E-state index in [0.29, 0.717) is 28.6 Å². The van der Waals surface area contributed by atoms with Crippen molar-refractivity contribution in [3.05, 3.63) is 51.9 Å². The van der Waals surface area contributed by atoms with Gasteiger partial charge in [0.1, 0.15) is 5.56 Å². The van der Waals surface area contributed by atoms with Crippen molar-refractivity contribution in [1.82, 2.24) is 10.5 Å². The predicted molar refractivity (Wildman–Crippen MR) is 78.0 cm³/mol. The molecule has 0 atom stereocenters. The van der Waals surface area contributed by atoms with Crippen molar-refractivity contribution in [2.45, 2.75) is 33.2 Å². The highest BCUT2D eigenvalue weighted by Gasteiger charge is 2.22. The van der Waals surface area contributed by atoms with Crippen LogP contribution in [0.5, 0.6) is 0 Å². The number of nitrogens with one attached hydrogen (secondary N) is 1. The lowest BCUT2D eigenvalue weighted by molar-refractivity contribution is 0.0948. The minimum Gasteiger partial charge on any atom is -0.360 e. The Kier molecular flexibility index (Phi) is 4.45. The Hall–Kier alpha value is -1.81. The zero-order chi connectivity index (χ0) is 14.7. The highest BCUT2D eigenvalue weighted by molar-refractivity contribution is 6.30. The quantitative estimate of drug-likeness (QED) is 0.935. The second-order valence-electron chi connectivity index (χ2n) is 4.97. The molecule has 0 saturated heterocycles. The lowest BCUT2D eigenvalue weighted by Crippen LogP contribution is -2.24. The summed E-state index contributed by atoms with van der Waals surface area (Å²) in [4.78, 5) is 12.3. The molecule has 0 saturated carbocycles. The number of carbonyl (C=O) groups is 1. The molecule has 4 nitrogen and oxygen atoms in total. The van der Waals surface area contributed by atoms with Crippen LogP contribution in [0.2, 0.25) is 5.02 Å². The number of halogens is 1. The summed E-state index contributed by atoms with van der Waals surface area (Å²) >= 11 is 5.91. The van der Waals surface area contributed by atoms with Gasteiger partial charge in [-0.1, -0.05) is 42.7 Å². The van der Waals surface area contributed by atoms with Gasteiger partial charge in [-0.15, -0.1) is 0 Å². The fourth-order valence-corrected chi connectivity index (χ4v) is 2.19. The first kappa shape index (κ1) is 14.6. The fraction of sp³-hybridized carbons (Fsp3) is 0.333. The smallest absolute Gasteiger partial charge is 0.257 e. The predicted octanol–water partition coefficient (Wildman–Crippen LogP) is 3.69. The van der Waals surface area contributed by atoms with E-state index in [1.807, 2.05) is 32.0 Å². The first-order valence-corrected chi connectivity index (χ1v) is 6.85. The van der Waals surface area contributed by atoms with Crippen LogP contribution in [-0.4, -0.2) is 11.1 Å². The Morgan fingerprint density at radius 1 is 1.45 bits per heavy atom.